The molecule has 1 unspecified atom stereocenters. The molecule has 0 amide bonds. The van der Waals surface area contributed by atoms with Crippen molar-refractivity contribution in [1.82, 2.24) is 0 Å². The van der Waals surface area contributed by atoms with E-state index in [0.717, 1.165) is 37.0 Å². The molecule has 4 rings (SSSR count). The lowest BCUT2D eigenvalue weighted by molar-refractivity contribution is -0.202. The predicted octanol–water partition coefficient (Wildman–Crippen LogP) is 3.90. The van der Waals surface area contributed by atoms with Gasteiger partial charge in [-0.15, -0.1) is 0 Å². The van der Waals surface area contributed by atoms with Crippen LogP contribution >= 0.6 is 0 Å². The van der Waals surface area contributed by atoms with Gasteiger partial charge in [0.1, 0.15) is 5.60 Å². The van der Waals surface area contributed by atoms with Crippen LogP contribution in [0.4, 0.5) is 0 Å². The van der Waals surface area contributed by atoms with Gasteiger partial charge in [0.15, 0.2) is 0 Å². The minimum Gasteiger partial charge on any atom is -0.459 e. The molecule has 0 heterocycles. The first kappa shape index (κ1) is 16.3. The maximum Gasteiger partial charge on any atom is 0.314 e. The molecule has 0 spiro atoms. The highest BCUT2D eigenvalue weighted by atomic mass is 16.6. The lowest BCUT2D eigenvalue weighted by Crippen LogP contribution is -2.60. The molecule has 4 aliphatic carbocycles. The lowest BCUT2D eigenvalue weighted by Gasteiger charge is -2.57. The summed E-state index contributed by atoms with van der Waals surface area (Å²) < 4.78 is 6.28. The summed E-state index contributed by atoms with van der Waals surface area (Å²) in [5.74, 6) is 2.45. The molecule has 1 atom stereocenters. The van der Waals surface area contributed by atoms with Gasteiger partial charge in [-0.3, -0.25) is 4.79 Å². The van der Waals surface area contributed by atoms with E-state index in [0.29, 0.717) is 0 Å². The van der Waals surface area contributed by atoms with Crippen molar-refractivity contribution >= 4 is 5.97 Å². The Morgan fingerprint density at radius 3 is 1.77 bits per heavy atom. The molecule has 4 bridgehead atoms. The smallest absolute Gasteiger partial charge is 0.314 e. The number of nitrogens with two attached hydrogens (primary N) is 1. The minimum absolute atomic E-state index is 0.0723. The standard InChI is InChI=1S/C19H33NO2/c1-12(2)18(5,17(3,4)20)16(21)22-19-9-13-6-14(10-19)8-15(7-13)11-19/h12-15H,6-11,20H2,1-5H3. The summed E-state index contributed by atoms with van der Waals surface area (Å²) in [5, 5.41) is 0. The number of carbonyl (C=O) groups excluding carboxylic acids is 1. The quantitative estimate of drug-likeness (QED) is 0.801. The number of esters is 1. The zero-order valence-electron chi connectivity index (χ0n) is 14.9. The van der Waals surface area contributed by atoms with Gasteiger partial charge >= 0.3 is 5.97 Å². The van der Waals surface area contributed by atoms with Gasteiger partial charge in [0.25, 0.3) is 0 Å². The van der Waals surface area contributed by atoms with E-state index >= 15 is 0 Å². The van der Waals surface area contributed by atoms with Gasteiger partial charge in [0.05, 0.1) is 5.41 Å². The zero-order chi connectivity index (χ0) is 16.3. The summed E-state index contributed by atoms with van der Waals surface area (Å²) in [6, 6.07) is 0. The highest BCUT2D eigenvalue weighted by Gasteiger charge is 2.56. The predicted molar refractivity (Wildman–Crippen MR) is 88.2 cm³/mol. The van der Waals surface area contributed by atoms with E-state index < -0.39 is 11.0 Å². The first-order chi connectivity index (χ1) is 10.1. The number of ether oxygens (including phenoxy) is 1. The average Bonchev–Trinajstić information content (AvgIpc) is 2.33. The van der Waals surface area contributed by atoms with Gasteiger partial charge < -0.3 is 10.5 Å². The maximum absolute atomic E-state index is 13.1. The largest absolute Gasteiger partial charge is 0.459 e. The molecular formula is C19H33NO2. The topological polar surface area (TPSA) is 52.3 Å². The summed E-state index contributed by atoms with van der Waals surface area (Å²) >= 11 is 0. The van der Waals surface area contributed by atoms with Crippen LogP contribution in [0.25, 0.3) is 0 Å². The van der Waals surface area contributed by atoms with Crippen molar-refractivity contribution in [2.75, 3.05) is 0 Å². The molecule has 4 aliphatic rings. The van der Waals surface area contributed by atoms with Crippen molar-refractivity contribution in [2.45, 2.75) is 84.3 Å². The van der Waals surface area contributed by atoms with Crippen LogP contribution in [0.3, 0.4) is 0 Å². The van der Waals surface area contributed by atoms with E-state index in [-0.39, 0.29) is 17.5 Å². The zero-order valence-corrected chi connectivity index (χ0v) is 14.9. The third kappa shape index (κ3) is 2.40. The third-order valence-electron chi connectivity index (χ3n) is 7.21. The molecule has 4 saturated carbocycles. The Balaban J connectivity index is 1.82. The second-order valence-electron chi connectivity index (χ2n) is 9.57. The molecule has 0 saturated heterocycles. The van der Waals surface area contributed by atoms with Gasteiger partial charge in [0.2, 0.25) is 0 Å². The number of rotatable bonds is 4. The van der Waals surface area contributed by atoms with Gasteiger partial charge in [-0.1, -0.05) is 13.8 Å². The minimum atomic E-state index is -0.643. The molecule has 0 aromatic heterocycles. The molecule has 0 radical (unpaired) electrons. The fourth-order valence-electron chi connectivity index (χ4n) is 5.70. The van der Waals surface area contributed by atoms with E-state index in [1.807, 2.05) is 20.8 Å². The summed E-state index contributed by atoms with van der Waals surface area (Å²) in [6.07, 6.45) is 7.35. The third-order valence-corrected chi connectivity index (χ3v) is 7.21. The van der Waals surface area contributed by atoms with Crippen LogP contribution in [-0.2, 0) is 9.53 Å². The molecule has 22 heavy (non-hydrogen) atoms. The van der Waals surface area contributed by atoms with Gasteiger partial charge in [0, 0.05) is 5.54 Å². The molecule has 126 valence electrons. The Morgan fingerprint density at radius 1 is 1.05 bits per heavy atom. The lowest BCUT2D eigenvalue weighted by atomic mass is 9.54. The summed E-state index contributed by atoms with van der Waals surface area (Å²) in [6.45, 7) is 10.0. The molecule has 2 N–H and O–H groups in total. The summed E-state index contributed by atoms with van der Waals surface area (Å²) in [7, 11) is 0. The van der Waals surface area contributed by atoms with Crippen LogP contribution in [0.2, 0.25) is 0 Å². The molecule has 3 nitrogen and oxygen atoms in total. The first-order valence-corrected chi connectivity index (χ1v) is 9.08. The monoisotopic (exact) mass is 307 g/mol. The molecule has 0 aromatic carbocycles. The van der Waals surface area contributed by atoms with Crippen LogP contribution < -0.4 is 5.73 Å². The van der Waals surface area contributed by atoms with E-state index in [4.69, 9.17) is 10.5 Å². The van der Waals surface area contributed by atoms with Crippen molar-refractivity contribution in [2.24, 2.45) is 34.8 Å². The molecular weight excluding hydrogens is 274 g/mol. The fourth-order valence-corrected chi connectivity index (χ4v) is 5.70. The number of hydrogen-bond acceptors (Lipinski definition) is 3. The van der Waals surface area contributed by atoms with Crippen LogP contribution in [0.5, 0.6) is 0 Å². The highest BCUT2D eigenvalue weighted by molar-refractivity contribution is 5.79. The summed E-state index contributed by atoms with van der Waals surface area (Å²) in [4.78, 5) is 13.1. The van der Waals surface area contributed by atoms with Crippen LogP contribution in [0.1, 0.15) is 73.1 Å². The van der Waals surface area contributed by atoms with Gasteiger partial charge in [-0.2, -0.15) is 0 Å². The Labute approximate surface area is 135 Å². The van der Waals surface area contributed by atoms with Crippen molar-refractivity contribution in [3.63, 3.8) is 0 Å². The maximum atomic E-state index is 13.1. The Hall–Kier alpha value is -0.570. The highest BCUT2D eigenvalue weighted by Crippen LogP contribution is 2.57. The first-order valence-electron chi connectivity index (χ1n) is 9.08. The van der Waals surface area contributed by atoms with Crippen molar-refractivity contribution < 1.29 is 9.53 Å². The summed E-state index contributed by atoms with van der Waals surface area (Å²) in [5.41, 5.74) is 4.98. The van der Waals surface area contributed by atoms with Crippen molar-refractivity contribution in [1.29, 1.82) is 0 Å². The second kappa shape index (κ2) is 4.96. The van der Waals surface area contributed by atoms with Crippen molar-refractivity contribution in [3.8, 4) is 0 Å². The van der Waals surface area contributed by atoms with Crippen LogP contribution in [0, 0.1) is 29.1 Å². The Morgan fingerprint density at radius 2 is 1.45 bits per heavy atom. The van der Waals surface area contributed by atoms with E-state index in [9.17, 15) is 4.79 Å². The van der Waals surface area contributed by atoms with E-state index in [2.05, 4.69) is 13.8 Å². The van der Waals surface area contributed by atoms with E-state index in [1.165, 1.54) is 19.3 Å². The Bertz CT molecular complexity index is 427. The normalized spacial score (nSPS) is 39.9. The van der Waals surface area contributed by atoms with Gasteiger partial charge in [-0.05, 0) is 83.0 Å². The van der Waals surface area contributed by atoms with E-state index in [1.54, 1.807) is 0 Å². The fraction of sp³-hybridized carbons (Fsp3) is 0.947. The second-order valence-corrected chi connectivity index (χ2v) is 9.57. The number of carbonyl (C=O) groups is 1. The molecule has 3 heteroatoms. The number of hydrogen-bond donors (Lipinski definition) is 1. The Kier molecular flexibility index (Phi) is 3.67. The average molecular weight is 307 g/mol. The van der Waals surface area contributed by atoms with Crippen LogP contribution in [0.15, 0.2) is 0 Å². The molecule has 0 aliphatic heterocycles. The SMILES string of the molecule is CC(C)C(C)(C(=O)OC12CC3CC(CC(C3)C1)C2)C(C)(C)N. The van der Waals surface area contributed by atoms with Crippen molar-refractivity contribution in [3.05, 3.63) is 0 Å². The van der Waals surface area contributed by atoms with Gasteiger partial charge in [-0.25, -0.2) is 0 Å². The molecule has 0 aromatic rings. The van der Waals surface area contributed by atoms with Crippen LogP contribution in [-0.4, -0.2) is 17.1 Å². The molecule has 4 fully saturated rings.